The quantitative estimate of drug-likeness (QED) is 0.521. The summed E-state index contributed by atoms with van der Waals surface area (Å²) in [4.78, 5) is 8.30. The molecule has 4 nitrogen and oxygen atoms in total. The van der Waals surface area contributed by atoms with Crippen molar-refractivity contribution in [2.75, 3.05) is 0 Å². The lowest BCUT2D eigenvalue weighted by molar-refractivity contribution is 0.681. The van der Waals surface area contributed by atoms with Crippen molar-refractivity contribution in [3.8, 4) is 11.3 Å². The van der Waals surface area contributed by atoms with Gasteiger partial charge in [0.1, 0.15) is 5.82 Å². The summed E-state index contributed by atoms with van der Waals surface area (Å²) < 4.78 is 0. The van der Waals surface area contributed by atoms with E-state index in [9.17, 15) is 0 Å². The number of nitrogens with one attached hydrogen (secondary N) is 1. The second kappa shape index (κ2) is 5.81. The predicted molar refractivity (Wildman–Crippen MR) is 101 cm³/mol. The molecule has 4 aromatic rings. The summed E-state index contributed by atoms with van der Waals surface area (Å²) in [6, 6.07) is 14.0. The maximum atomic E-state index is 6.02. The SMILES string of the molecule is Clc1ccc2cc(-c3ccc4nc(C5CCCC5)[nH]c4c3)nnc2c1. The van der Waals surface area contributed by atoms with E-state index in [0.29, 0.717) is 10.9 Å². The summed E-state index contributed by atoms with van der Waals surface area (Å²) in [6.07, 6.45) is 5.10. The van der Waals surface area contributed by atoms with Gasteiger partial charge in [-0.15, -0.1) is 10.2 Å². The van der Waals surface area contributed by atoms with Crippen LogP contribution in [-0.4, -0.2) is 20.2 Å². The van der Waals surface area contributed by atoms with Gasteiger partial charge in [-0.05, 0) is 43.2 Å². The number of aromatic amines is 1. The molecular weight excluding hydrogens is 332 g/mol. The van der Waals surface area contributed by atoms with Gasteiger partial charge in [-0.3, -0.25) is 0 Å². The van der Waals surface area contributed by atoms with Crippen molar-refractivity contribution in [1.29, 1.82) is 0 Å². The Labute approximate surface area is 150 Å². The van der Waals surface area contributed by atoms with Crippen LogP contribution in [0.5, 0.6) is 0 Å². The lowest BCUT2D eigenvalue weighted by Gasteiger charge is -2.03. The molecule has 0 aliphatic heterocycles. The van der Waals surface area contributed by atoms with Crippen molar-refractivity contribution in [2.45, 2.75) is 31.6 Å². The first kappa shape index (κ1) is 14.8. The Kier molecular flexibility index (Phi) is 3.45. The van der Waals surface area contributed by atoms with Gasteiger partial charge in [-0.1, -0.05) is 36.6 Å². The van der Waals surface area contributed by atoms with E-state index in [-0.39, 0.29) is 0 Å². The molecule has 1 aliphatic carbocycles. The molecule has 1 aliphatic rings. The van der Waals surface area contributed by atoms with Gasteiger partial charge in [0.05, 0.1) is 22.2 Å². The normalized spacial score (nSPS) is 15.4. The Hall–Kier alpha value is -2.46. The van der Waals surface area contributed by atoms with E-state index >= 15 is 0 Å². The number of hydrogen-bond acceptors (Lipinski definition) is 3. The number of fused-ring (bicyclic) bond motifs is 2. The van der Waals surface area contributed by atoms with Crippen LogP contribution in [0.3, 0.4) is 0 Å². The fraction of sp³-hybridized carbons (Fsp3) is 0.250. The third-order valence-electron chi connectivity index (χ3n) is 5.09. The summed E-state index contributed by atoms with van der Waals surface area (Å²) in [5.41, 5.74) is 4.79. The van der Waals surface area contributed by atoms with Gasteiger partial charge >= 0.3 is 0 Å². The van der Waals surface area contributed by atoms with Gasteiger partial charge in [-0.25, -0.2) is 4.98 Å². The first-order chi connectivity index (χ1) is 12.3. The Morgan fingerprint density at radius 2 is 1.80 bits per heavy atom. The molecule has 5 rings (SSSR count). The maximum absolute atomic E-state index is 6.02. The first-order valence-corrected chi connectivity index (χ1v) is 9.07. The molecule has 0 radical (unpaired) electrons. The van der Waals surface area contributed by atoms with Gasteiger partial charge < -0.3 is 4.98 Å². The topological polar surface area (TPSA) is 54.5 Å². The van der Waals surface area contributed by atoms with Crippen LogP contribution in [0.4, 0.5) is 0 Å². The molecule has 0 saturated heterocycles. The Bertz CT molecular complexity index is 1080. The van der Waals surface area contributed by atoms with Crippen LogP contribution in [0.2, 0.25) is 5.02 Å². The summed E-state index contributed by atoms with van der Waals surface area (Å²) >= 11 is 6.02. The second-order valence-corrected chi connectivity index (χ2v) is 7.20. The molecule has 124 valence electrons. The zero-order valence-electron chi connectivity index (χ0n) is 13.7. The van der Waals surface area contributed by atoms with E-state index in [1.165, 1.54) is 25.7 Å². The molecule has 5 heteroatoms. The van der Waals surface area contributed by atoms with Crippen LogP contribution >= 0.6 is 11.6 Å². The molecule has 2 heterocycles. The molecule has 0 bridgehead atoms. The van der Waals surface area contributed by atoms with Crippen LogP contribution in [0.15, 0.2) is 42.5 Å². The molecular formula is C20H17ClN4. The molecule has 25 heavy (non-hydrogen) atoms. The lowest BCUT2D eigenvalue weighted by Crippen LogP contribution is -1.93. The fourth-order valence-electron chi connectivity index (χ4n) is 3.73. The summed E-state index contributed by atoms with van der Waals surface area (Å²) in [5, 5.41) is 10.4. The minimum absolute atomic E-state index is 0.584. The Morgan fingerprint density at radius 1 is 0.920 bits per heavy atom. The molecule has 0 amide bonds. The number of aromatic nitrogens is 4. The number of hydrogen-bond donors (Lipinski definition) is 1. The third-order valence-corrected chi connectivity index (χ3v) is 5.32. The Morgan fingerprint density at radius 3 is 2.68 bits per heavy atom. The van der Waals surface area contributed by atoms with Crippen LogP contribution < -0.4 is 0 Å². The average molecular weight is 349 g/mol. The highest BCUT2D eigenvalue weighted by Gasteiger charge is 2.20. The largest absolute Gasteiger partial charge is 0.342 e. The van der Waals surface area contributed by atoms with Gasteiger partial charge in [0.2, 0.25) is 0 Å². The van der Waals surface area contributed by atoms with Crippen molar-refractivity contribution >= 4 is 33.5 Å². The van der Waals surface area contributed by atoms with Crippen LogP contribution in [-0.2, 0) is 0 Å². The number of H-pyrrole nitrogens is 1. The van der Waals surface area contributed by atoms with Gasteiger partial charge in [-0.2, -0.15) is 0 Å². The standard InChI is InChI=1S/C20H17ClN4/c21-15-7-5-13-9-17(24-25-18(13)11-15)14-6-8-16-19(10-14)23-20(22-16)12-3-1-2-4-12/h5-12H,1-4H2,(H,22,23). The maximum Gasteiger partial charge on any atom is 0.110 e. The Balaban J connectivity index is 1.56. The van der Waals surface area contributed by atoms with E-state index in [4.69, 9.17) is 16.6 Å². The minimum Gasteiger partial charge on any atom is -0.342 e. The summed E-state index contributed by atoms with van der Waals surface area (Å²) in [5.74, 6) is 1.71. The number of halogens is 1. The number of benzene rings is 2. The number of nitrogens with zero attached hydrogens (tertiary/aromatic N) is 3. The highest BCUT2D eigenvalue weighted by Crippen LogP contribution is 2.34. The monoisotopic (exact) mass is 348 g/mol. The molecule has 0 atom stereocenters. The van der Waals surface area contributed by atoms with Crippen LogP contribution in [0.1, 0.15) is 37.4 Å². The van der Waals surface area contributed by atoms with Gasteiger partial charge in [0, 0.05) is 21.9 Å². The zero-order chi connectivity index (χ0) is 16.8. The smallest absolute Gasteiger partial charge is 0.110 e. The van der Waals surface area contributed by atoms with Crippen LogP contribution in [0.25, 0.3) is 33.2 Å². The van der Waals surface area contributed by atoms with E-state index < -0.39 is 0 Å². The molecule has 0 spiro atoms. The molecule has 1 N–H and O–H groups in total. The molecule has 1 saturated carbocycles. The van der Waals surface area contributed by atoms with E-state index in [1.54, 1.807) is 0 Å². The van der Waals surface area contributed by atoms with Crippen molar-refractivity contribution < 1.29 is 0 Å². The number of imidazole rings is 1. The van der Waals surface area contributed by atoms with Crippen molar-refractivity contribution in [2.24, 2.45) is 0 Å². The predicted octanol–water partition coefficient (Wildman–Crippen LogP) is 5.48. The van der Waals surface area contributed by atoms with Gasteiger partial charge in [0.25, 0.3) is 0 Å². The average Bonchev–Trinajstić information content (AvgIpc) is 3.29. The van der Waals surface area contributed by atoms with Gasteiger partial charge in [0.15, 0.2) is 0 Å². The van der Waals surface area contributed by atoms with Crippen LogP contribution in [0, 0.1) is 0 Å². The van der Waals surface area contributed by atoms with E-state index in [1.807, 2.05) is 24.3 Å². The molecule has 1 fully saturated rings. The molecule has 2 aromatic heterocycles. The van der Waals surface area contributed by atoms with E-state index in [0.717, 1.165) is 39.0 Å². The zero-order valence-corrected chi connectivity index (χ0v) is 14.4. The lowest BCUT2D eigenvalue weighted by atomic mass is 10.1. The highest BCUT2D eigenvalue weighted by molar-refractivity contribution is 6.31. The van der Waals surface area contributed by atoms with Crippen molar-refractivity contribution in [3.05, 3.63) is 53.3 Å². The van der Waals surface area contributed by atoms with E-state index in [2.05, 4.69) is 33.4 Å². The third kappa shape index (κ3) is 2.67. The highest BCUT2D eigenvalue weighted by atomic mass is 35.5. The number of rotatable bonds is 2. The molecule has 0 unspecified atom stereocenters. The summed E-state index contributed by atoms with van der Waals surface area (Å²) in [7, 11) is 0. The second-order valence-electron chi connectivity index (χ2n) is 6.77. The van der Waals surface area contributed by atoms with Crippen molar-refractivity contribution in [1.82, 2.24) is 20.2 Å². The van der Waals surface area contributed by atoms with Crippen molar-refractivity contribution in [3.63, 3.8) is 0 Å². The first-order valence-electron chi connectivity index (χ1n) is 8.69. The molecule has 2 aromatic carbocycles. The summed E-state index contributed by atoms with van der Waals surface area (Å²) in [6.45, 7) is 0. The minimum atomic E-state index is 0.584. The fourth-order valence-corrected chi connectivity index (χ4v) is 3.90.